The maximum absolute atomic E-state index is 12.6. The molecule has 24 heavy (non-hydrogen) atoms. The highest BCUT2D eigenvalue weighted by Crippen LogP contribution is 2.40. The number of allylic oxidation sites excluding steroid dienone is 2. The Kier molecular flexibility index (Phi) is 5.02. The quantitative estimate of drug-likeness (QED) is 0.303. The summed E-state index contributed by atoms with van der Waals surface area (Å²) in [5, 5.41) is 10.2. The van der Waals surface area contributed by atoms with Crippen LogP contribution in [0.5, 0.6) is 0 Å². The van der Waals surface area contributed by atoms with Gasteiger partial charge in [0.2, 0.25) is 0 Å². The maximum atomic E-state index is 12.6. The molecule has 5 heteroatoms. The van der Waals surface area contributed by atoms with Crippen molar-refractivity contribution in [3.05, 3.63) is 53.3 Å². The minimum Gasteiger partial charge on any atom is -0.507 e. The molecule has 0 bridgehead atoms. The number of benzene rings is 1. The molecule has 0 amide bonds. The lowest BCUT2D eigenvalue weighted by atomic mass is 9.65. The summed E-state index contributed by atoms with van der Waals surface area (Å²) in [6, 6.07) is 9.15. The van der Waals surface area contributed by atoms with Gasteiger partial charge in [-0.1, -0.05) is 50.3 Å². The van der Waals surface area contributed by atoms with E-state index in [0.717, 1.165) is 5.56 Å². The molecular weight excluding hydrogens is 308 g/mol. The van der Waals surface area contributed by atoms with Gasteiger partial charge in [0.25, 0.3) is 0 Å². The van der Waals surface area contributed by atoms with E-state index < -0.39 is 34.6 Å². The first-order chi connectivity index (χ1) is 11.3. The van der Waals surface area contributed by atoms with Gasteiger partial charge in [0.1, 0.15) is 17.3 Å². The Bertz CT molecular complexity index is 725. The van der Waals surface area contributed by atoms with E-state index in [-0.39, 0.29) is 12.0 Å². The Morgan fingerprint density at radius 2 is 1.88 bits per heavy atom. The normalized spacial score (nSPS) is 22.5. The van der Waals surface area contributed by atoms with E-state index in [0.29, 0.717) is 0 Å². The molecule has 1 unspecified atom stereocenters. The fraction of sp³-hybridized carbons (Fsp3) is 0.316. The summed E-state index contributed by atoms with van der Waals surface area (Å²) in [5.74, 6) is -3.41. The smallest absolute Gasteiger partial charge is 0.317 e. The molecule has 0 heterocycles. The molecule has 1 aromatic carbocycles. The summed E-state index contributed by atoms with van der Waals surface area (Å²) in [4.78, 5) is 36.9. The highest BCUT2D eigenvalue weighted by molar-refractivity contribution is 6.27. The van der Waals surface area contributed by atoms with Crippen molar-refractivity contribution in [1.29, 1.82) is 0 Å². The number of rotatable bonds is 3. The Balaban J connectivity index is 2.40. The van der Waals surface area contributed by atoms with E-state index in [1.54, 1.807) is 19.9 Å². The van der Waals surface area contributed by atoms with E-state index in [1.807, 2.05) is 30.3 Å². The topological polar surface area (TPSA) is 80.7 Å². The van der Waals surface area contributed by atoms with Gasteiger partial charge in [-0.3, -0.25) is 14.4 Å². The summed E-state index contributed by atoms with van der Waals surface area (Å²) in [5.41, 5.74) is -0.379. The van der Waals surface area contributed by atoms with Crippen molar-refractivity contribution in [2.24, 2.45) is 11.3 Å². The zero-order valence-corrected chi connectivity index (χ0v) is 13.9. The van der Waals surface area contributed by atoms with Crippen molar-refractivity contribution in [1.82, 2.24) is 0 Å². The molecular formula is C19H20O5. The molecule has 5 nitrogen and oxygen atoms in total. The average molecular weight is 328 g/mol. The van der Waals surface area contributed by atoms with Gasteiger partial charge in [-0.25, -0.2) is 0 Å². The van der Waals surface area contributed by atoms with Crippen LogP contribution in [-0.4, -0.2) is 29.8 Å². The van der Waals surface area contributed by atoms with Gasteiger partial charge in [-0.05, 0) is 17.1 Å². The highest BCUT2D eigenvalue weighted by Gasteiger charge is 2.50. The largest absolute Gasteiger partial charge is 0.507 e. The van der Waals surface area contributed by atoms with E-state index in [4.69, 9.17) is 4.74 Å². The fourth-order valence-electron chi connectivity index (χ4n) is 2.88. The van der Waals surface area contributed by atoms with Crippen LogP contribution in [0, 0.1) is 11.3 Å². The molecule has 1 saturated carbocycles. The van der Waals surface area contributed by atoms with Crippen LogP contribution in [0.25, 0.3) is 6.08 Å². The Morgan fingerprint density at radius 3 is 2.46 bits per heavy atom. The number of ether oxygens (including phenoxy) is 1. The molecule has 0 aromatic heterocycles. The number of ketones is 2. The predicted octanol–water partition coefficient (Wildman–Crippen LogP) is 2.87. The Hall–Kier alpha value is -2.69. The summed E-state index contributed by atoms with van der Waals surface area (Å²) < 4.78 is 4.70. The number of aliphatic hydroxyl groups is 1. The molecule has 2 rings (SSSR count). The second kappa shape index (κ2) is 6.83. The SMILES string of the molecule is COC(=O)C1C(=O)/C(=C(O)/C=C/c2ccccc2)C(=O)CC1(C)C. The molecule has 1 aliphatic rings. The molecule has 1 aromatic rings. The van der Waals surface area contributed by atoms with Crippen LogP contribution in [0.2, 0.25) is 0 Å². The summed E-state index contributed by atoms with van der Waals surface area (Å²) >= 11 is 0. The number of hydrogen-bond donors (Lipinski definition) is 1. The Labute approximate surface area is 140 Å². The molecule has 0 spiro atoms. The lowest BCUT2D eigenvalue weighted by Gasteiger charge is -2.35. The molecule has 0 saturated heterocycles. The number of methoxy groups -OCH3 is 1. The number of hydrogen-bond acceptors (Lipinski definition) is 5. The molecule has 1 fully saturated rings. The Morgan fingerprint density at radius 1 is 1.25 bits per heavy atom. The first kappa shape index (κ1) is 17.7. The molecule has 0 aliphatic heterocycles. The van der Waals surface area contributed by atoms with Gasteiger partial charge < -0.3 is 9.84 Å². The molecule has 1 aliphatic carbocycles. The third-order valence-electron chi connectivity index (χ3n) is 4.11. The van der Waals surface area contributed by atoms with Crippen LogP contribution >= 0.6 is 0 Å². The van der Waals surface area contributed by atoms with E-state index >= 15 is 0 Å². The first-order valence-electron chi connectivity index (χ1n) is 7.59. The summed E-state index contributed by atoms with van der Waals surface area (Å²) in [6.45, 7) is 3.33. The lowest BCUT2D eigenvalue weighted by Crippen LogP contribution is -2.46. The van der Waals surface area contributed by atoms with Crippen molar-refractivity contribution in [2.45, 2.75) is 20.3 Å². The second-order valence-corrected chi connectivity index (χ2v) is 6.41. The minimum atomic E-state index is -1.11. The molecule has 1 N–H and O–H groups in total. The van der Waals surface area contributed by atoms with Gasteiger partial charge in [0.15, 0.2) is 11.6 Å². The van der Waals surface area contributed by atoms with Gasteiger partial charge >= 0.3 is 5.97 Å². The maximum Gasteiger partial charge on any atom is 0.317 e. The molecule has 1 atom stereocenters. The third kappa shape index (κ3) is 3.45. The lowest BCUT2D eigenvalue weighted by molar-refractivity contribution is -0.155. The molecule has 0 radical (unpaired) electrons. The van der Waals surface area contributed by atoms with Crippen molar-refractivity contribution >= 4 is 23.6 Å². The van der Waals surface area contributed by atoms with Gasteiger partial charge in [0, 0.05) is 6.42 Å². The number of carbonyl (C=O) groups excluding carboxylic acids is 3. The van der Waals surface area contributed by atoms with Crippen LogP contribution in [0.4, 0.5) is 0 Å². The van der Waals surface area contributed by atoms with Crippen molar-refractivity contribution in [3.63, 3.8) is 0 Å². The van der Waals surface area contributed by atoms with Crippen LogP contribution in [0.3, 0.4) is 0 Å². The van der Waals surface area contributed by atoms with Crippen molar-refractivity contribution < 1.29 is 24.2 Å². The van der Waals surface area contributed by atoms with Crippen LogP contribution in [0.15, 0.2) is 47.7 Å². The number of aliphatic hydroxyl groups excluding tert-OH is 1. The zero-order chi connectivity index (χ0) is 17.9. The second-order valence-electron chi connectivity index (χ2n) is 6.41. The van der Waals surface area contributed by atoms with Gasteiger partial charge in [-0.15, -0.1) is 0 Å². The average Bonchev–Trinajstić information content (AvgIpc) is 2.52. The van der Waals surface area contributed by atoms with Crippen molar-refractivity contribution in [3.8, 4) is 0 Å². The van der Waals surface area contributed by atoms with Crippen LogP contribution < -0.4 is 0 Å². The van der Waals surface area contributed by atoms with Crippen molar-refractivity contribution in [2.75, 3.05) is 7.11 Å². The van der Waals surface area contributed by atoms with E-state index in [9.17, 15) is 19.5 Å². The van der Waals surface area contributed by atoms with Gasteiger partial charge in [0.05, 0.1) is 7.11 Å². The third-order valence-corrected chi connectivity index (χ3v) is 4.11. The standard InChI is InChI=1S/C19H20O5/c1-19(2)11-14(21)15(17(22)16(19)18(23)24-3)13(20)10-9-12-7-5-4-6-8-12/h4-10,16,20H,11H2,1-3H3/b10-9+,15-13-. The van der Waals surface area contributed by atoms with Crippen LogP contribution in [-0.2, 0) is 19.1 Å². The number of esters is 1. The minimum absolute atomic E-state index is 0.0168. The monoisotopic (exact) mass is 328 g/mol. The fourth-order valence-corrected chi connectivity index (χ4v) is 2.88. The van der Waals surface area contributed by atoms with E-state index in [1.165, 1.54) is 13.2 Å². The summed E-state index contributed by atoms with van der Waals surface area (Å²) in [7, 11) is 1.20. The first-order valence-corrected chi connectivity index (χ1v) is 7.59. The molecule has 126 valence electrons. The zero-order valence-electron chi connectivity index (χ0n) is 13.9. The number of Topliss-reactive ketones (excluding diaryl/α,β-unsaturated/α-hetero) is 2. The number of carbonyl (C=O) groups is 3. The highest BCUT2D eigenvalue weighted by atomic mass is 16.5. The predicted molar refractivity (Wildman–Crippen MR) is 89.0 cm³/mol. The van der Waals surface area contributed by atoms with Gasteiger partial charge in [-0.2, -0.15) is 0 Å². The van der Waals surface area contributed by atoms with E-state index in [2.05, 4.69) is 0 Å². The van der Waals surface area contributed by atoms with Crippen LogP contribution in [0.1, 0.15) is 25.8 Å². The summed E-state index contributed by atoms with van der Waals surface area (Å²) in [6.07, 6.45) is 2.87.